The molecule has 1 amide bonds. The van der Waals surface area contributed by atoms with Gasteiger partial charge in [-0.25, -0.2) is 0 Å². The van der Waals surface area contributed by atoms with Crippen LogP contribution in [0.15, 0.2) is 54.6 Å². The summed E-state index contributed by atoms with van der Waals surface area (Å²) in [5.41, 5.74) is 3.29. The summed E-state index contributed by atoms with van der Waals surface area (Å²) in [7, 11) is 0. The highest BCUT2D eigenvalue weighted by Crippen LogP contribution is 2.13. The van der Waals surface area contributed by atoms with Crippen molar-refractivity contribution in [1.82, 2.24) is 4.90 Å². The van der Waals surface area contributed by atoms with Crippen molar-refractivity contribution in [1.29, 1.82) is 0 Å². The summed E-state index contributed by atoms with van der Waals surface area (Å²) in [5, 5.41) is 2.99. The average molecular weight is 296 g/mol. The number of carbonyl (C=O) groups excluding carboxylic acids is 1. The van der Waals surface area contributed by atoms with E-state index in [0.717, 1.165) is 30.8 Å². The number of likely N-dealkylation sites (N-methyl/N-ethyl adjacent to an activating group) is 1. The van der Waals surface area contributed by atoms with Gasteiger partial charge in [-0.2, -0.15) is 0 Å². The molecule has 0 unspecified atom stereocenters. The molecule has 116 valence electrons. The molecule has 0 spiro atoms. The maximum atomic E-state index is 12.2. The van der Waals surface area contributed by atoms with Crippen molar-refractivity contribution in [2.24, 2.45) is 0 Å². The molecule has 0 aliphatic carbocycles. The molecule has 2 rings (SSSR count). The number of anilines is 1. The zero-order valence-electron chi connectivity index (χ0n) is 13.4. The summed E-state index contributed by atoms with van der Waals surface area (Å²) < 4.78 is 0. The first-order valence-corrected chi connectivity index (χ1v) is 7.81. The van der Waals surface area contributed by atoms with Crippen LogP contribution in [-0.4, -0.2) is 30.4 Å². The van der Waals surface area contributed by atoms with E-state index >= 15 is 0 Å². The Morgan fingerprint density at radius 3 is 2.41 bits per heavy atom. The fourth-order valence-corrected chi connectivity index (χ4v) is 2.39. The monoisotopic (exact) mass is 296 g/mol. The minimum Gasteiger partial charge on any atom is -0.325 e. The van der Waals surface area contributed by atoms with Crippen LogP contribution >= 0.6 is 0 Å². The smallest absolute Gasteiger partial charge is 0.238 e. The molecule has 2 aromatic rings. The molecule has 3 heteroatoms. The Morgan fingerprint density at radius 1 is 1.05 bits per heavy atom. The second kappa shape index (κ2) is 8.35. The Bertz CT molecular complexity index is 595. The molecule has 0 heterocycles. The van der Waals surface area contributed by atoms with E-state index in [1.54, 1.807) is 0 Å². The van der Waals surface area contributed by atoms with Crippen LogP contribution in [0.5, 0.6) is 0 Å². The molecule has 1 N–H and O–H groups in total. The van der Waals surface area contributed by atoms with Crippen molar-refractivity contribution in [2.45, 2.75) is 20.3 Å². The fraction of sp³-hybridized carbons (Fsp3) is 0.316. The van der Waals surface area contributed by atoms with Crippen molar-refractivity contribution in [3.63, 3.8) is 0 Å². The lowest BCUT2D eigenvalue weighted by Crippen LogP contribution is -2.34. The largest absolute Gasteiger partial charge is 0.325 e. The lowest BCUT2D eigenvalue weighted by atomic mass is 10.1. The first kappa shape index (κ1) is 16.2. The van der Waals surface area contributed by atoms with Gasteiger partial charge in [-0.05, 0) is 37.1 Å². The summed E-state index contributed by atoms with van der Waals surface area (Å²) in [4.78, 5) is 14.4. The molecule has 0 fully saturated rings. The molecule has 22 heavy (non-hydrogen) atoms. The number of hydrogen-bond acceptors (Lipinski definition) is 2. The molecule has 0 bridgehead atoms. The van der Waals surface area contributed by atoms with Crippen molar-refractivity contribution < 1.29 is 4.79 Å². The van der Waals surface area contributed by atoms with Gasteiger partial charge in [0.05, 0.1) is 6.54 Å². The highest BCUT2D eigenvalue weighted by Gasteiger charge is 2.10. The topological polar surface area (TPSA) is 32.3 Å². The van der Waals surface area contributed by atoms with E-state index in [1.807, 2.05) is 37.3 Å². The van der Waals surface area contributed by atoms with E-state index in [9.17, 15) is 4.79 Å². The maximum Gasteiger partial charge on any atom is 0.238 e. The predicted molar refractivity (Wildman–Crippen MR) is 92.1 cm³/mol. The van der Waals surface area contributed by atoms with Gasteiger partial charge in [0.25, 0.3) is 0 Å². The van der Waals surface area contributed by atoms with Gasteiger partial charge >= 0.3 is 0 Å². The third-order valence-electron chi connectivity index (χ3n) is 3.79. The van der Waals surface area contributed by atoms with E-state index in [0.29, 0.717) is 6.54 Å². The summed E-state index contributed by atoms with van der Waals surface area (Å²) >= 11 is 0. The minimum absolute atomic E-state index is 0.0456. The van der Waals surface area contributed by atoms with Gasteiger partial charge in [0.2, 0.25) is 5.91 Å². The van der Waals surface area contributed by atoms with Crippen LogP contribution in [-0.2, 0) is 11.2 Å². The Kier molecular flexibility index (Phi) is 6.16. The quantitative estimate of drug-likeness (QED) is 0.848. The highest BCUT2D eigenvalue weighted by atomic mass is 16.2. The first-order valence-electron chi connectivity index (χ1n) is 7.81. The Balaban J connectivity index is 1.84. The lowest BCUT2D eigenvalue weighted by molar-refractivity contribution is -0.117. The second-order valence-electron chi connectivity index (χ2n) is 5.47. The second-order valence-corrected chi connectivity index (χ2v) is 5.47. The lowest BCUT2D eigenvalue weighted by Gasteiger charge is -2.20. The van der Waals surface area contributed by atoms with Gasteiger partial charge < -0.3 is 5.32 Å². The van der Waals surface area contributed by atoms with Crippen molar-refractivity contribution in [2.75, 3.05) is 25.0 Å². The molecule has 0 atom stereocenters. The van der Waals surface area contributed by atoms with Crippen LogP contribution in [0.4, 0.5) is 5.69 Å². The molecule has 0 radical (unpaired) electrons. The van der Waals surface area contributed by atoms with Gasteiger partial charge in [0.15, 0.2) is 0 Å². The van der Waals surface area contributed by atoms with Crippen LogP contribution < -0.4 is 5.32 Å². The molecular weight excluding hydrogens is 272 g/mol. The van der Waals surface area contributed by atoms with Gasteiger partial charge in [-0.1, -0.05) is 55.5 Å². The Hall–Kier alpha value is -2.13. The van der Waals surface area contributed by atoms with E-state index in [2.05, 4.69) is 41.4 Å². The standard InChI is InChI=1S/C19H24N2O/c1-3-21(14-13-17-10-5-4-6-11-17)15-19(22)20-18-12-8-7-9-16(18)2/h4-12H,3,13-15H2,1-2H3,(H,20,22). The van der Waals surface area contributed by atoms with Gasteiger partial charge in [-0.3, -0.25) is 9.69 Å². The van der Waals surface area contributed by atoms with Crippen LogP contribution in [0.1, 0.15) is 18.1 Å². The van der Waals surface area contributed by atoms with E-state index in [1.165, 1.54) is 5.56 Å². The number of rotatable bonds is 7. The average Bonchev–Trinajstić information content (AvgIpc) is 2.54. The molecule has 2 aromatic carbocycles. The molecule has 0 saturated carbocycles. The Labute approximate surface area is 133 Å². The predicted octanol–water partition coefficient (Wildman–Crippen LogP) is 3.50. The van der Waals surface area contributed by atoms with Gasteiger partial charge in [0, 0.05) is 12.2 Å². The molecular formula is C19H24N2O. The third-order valence-corrected chi connectivity index (χ3v) is 3.79. The zero-order chi connectivity index (χ0) is 15.8. The number of nitrogens with zero attached hydrogens (tertiary/aromatic N) is 1. The van der Waals surface area contributed by atoms with Crippen molar-refractivity contribution in [3.8, 4) is 0 Å². The van der Waals surface area contributed by atoms with E-state index in [4.69, 9.17) is 0 Å². The number of nitrogens with one attached hydrogen (secondary N) is 1. The van der Waals surface area contributed by atoms with Crippen LogP contribution in [0.3, 0.4) is 0 Å². The third kappa shape index (κ3) is 5.01. The summed E-state index contributed by atoms with van der Waals surface area (Å²) in [6.45, 7) is 6.28. The highest BCUT2D eigenvalue weighted by molar-refractivity contribution is 5.92. The summed E-state index contributed by atoms with van der Waals surface area (Å²) in [6, 6.07) is 18.2. The SMILES string of the molecule is CCN(CCc1ccccc1)CC(=O)Nc1ccccc1C. The Morgan fingerprint density at radius 2 is 1.73 bits per heavy atom. The van der Waals surface area contributed by atoms with E-state index in [-0.39, 0.29) is 5.91 Å². The molecule has 0 aliphatic heterocycles. The van der Waals surface area contributed by atoms with Crippen molar-refractivity contribution in [3.05, 3.63) is 65.7 Å². The molecule has 3 nitrogen and oxygen atoms in total. The number of para-hydroxylation sites is 1. The fourth-order valence-electron chi connectivity index (χ4n) is 2.39. The van der Waals surface area contributed by atoms with Crippen LogP contribution in [0, 0.1) is 6.92 Å². The number of amides is 1. The van der Waals surface area contributed by atoms with E-state index < -0.39 is 0 Å². The van der Waals surface area contributed by atoms with Crippen molar-refractivity contribution >= 4 is 11.6 Å². The number of aryl methyl sites for hydroxylation is 1. The number of carbonyl (C=O) groups is 1. The number of hydrogen-bond donors (Lipinski definition) is 1. The van der Waals surface area contributed by atoms with Crippen LogP contribution in [0.25, 0.3) is 0 Å². The summed E-state index contributed by atoms with van der Waals surface area (Å²) in [6.07, 6.45) is 0.965. The minimum atomic E-state index is 0.0456. The number of benzene rings is 2. The molecule has 0 saturated heterocycles. The van der Waals surface area contributed by atoms with Gasteiger partial charge in [-0.15, -0.1) is 0 Å². The maximum absolute atomic E-state index is 12.2. The normalized spacial score (nSPS) is 10.7. The zero-order valence-corrected chi connectivity index (χ0v) is 13.4. The first-order chi connectivity index (χ1) is 10.7. The summed E-state index contributed by atoms with van der Waals surface area (Å²) in [5.74, 6) is 0.0456. The van der Waals surface area contributed by atoms with Gasteiger partial charge in [0.1, 0.15) is 0 Å². The van der Waals surface area contributed by atoms with Crippen LogP contribution in [0.2, 0.25) is 0 Å². The molecule has 0 aliphatic rings. The molecule has 0 aromatic heterocycles.